The number of amides is 1. The van der Waals surface area contributed by atoms with Crippen LogP contribution in [0.25, 0.3) is 0 Å². The van der Waals surface area contributed by atoms with Crippen LogP contribution in [0, 0.1) is 0 Å². The SMILES string of the molecule is CCCNC(=O)CN1CCC(NC(=NCC2(c3cccc(Cl)c3)CC2)NCC)CC1.I. The lowest BCUT2D eigenvalue weighted by atomic mass is 9.96. The van der Waals surface area contributed by atoms with Crippen LogP contribution in [0.15, 0.2) is 29.3 Å². The molecule has 0 radical (unpaired) electrons. The number of hydrogen-bond acceptors (Lipinski definition) is 3. The topological polar surface area (TPSA) is 68.8 Å². The average Bonchev–Trinajstić information content (AvgIpc) is 3.53. The zero-order valence-electron chi connectivity index (χ0n) is 18.8. The van der Waals surface area contributed by atoms with Crippen LogP contribution < -0.4 is 16.0 Å². The zero-order valence-corrected chi connectivity index (χ0v) is 21.8. The fourth-order valence-corrected chi connectivity index (χ4v) is 4.20. The quantitative estimate of drug-likeness (QED) is 0.245. The minimum absolute atomic E-state index is 0. The summed E-state index contributed by atoms with van der Waals surface area (Å²) in [4.78, 5) is 19.1. The van der Waals surface area contributed by atoms with E-state index >= 15 is 0 Å². The molecule has 1 aromatic rings. The molecule has 1 heterocycles. The van der Waals surface area contributed by atoms with Crippen LogP contribution in [0.2, 0.25) is 5.02 Å². The van der Waals surface area contributed by atoms with Gasteiger partial charge in [-0.25, -0.2) is 0 Å². The maximum Gasteiger partial charge on any atom is 0.234 e. The minimum Gasteiger partial charge on any atom is -0.357 e. The molecule has 1 saturated carbocycles. The number of hydrogen-bond donors (Lipinski definition) is 3. The lowest BCUT2D eigenvalue weighted by Gasteiger charge is -2.32. The Balaban J connectivity index is 0.00000341. The highest BCUT2D eigenvalue weighted by atomic mass is 127. The van der Waals surface area contributed by atoms with Gasteiger partial charge in [0.15, 0.2) is 5.96 Å². The summed E-state index contributed by atoms with van der Waals surface area (Å²) in [5.41, 5.74) is 1.44. The highest BCUT2D eigenvalue weighted by molar-refractivity contribution is 14.0. The largest absolute Gasteiger partial charge is 0.357 e. The Morgan fingerprint density at radius 3 is 2.58 bits per heavy atom. The van der Waals surface area contributed by atoms with Crippen molar-refractivity contribution in [3.8, 4) is 0 Å². The van der Waals surface area contributed by atoms with Gasteiger partial charge in [0.1, 0.15) is 0 Å². The van der Waals surface area contributed by atoms with Crippen LogP contribution in [0.4, 0.5) is 0 Å². The van der Waals surface area contributed by atoms with Gasteiger partial charge in [0, 0.05) is 42.7 Å². The van der Waals surface area contributed by atoms with Gasteiger partial charge < -0.3 is 16.0 Å². The number of rotatable bonds is 9. The van der Waals surface area contributed by atoms with Crippen molar-refractivity contribution in [3.05, 3.63) is 34.9 Å². The molecule has 0 aromatic heterocycles. The highest BCUT2D eigenvalue weighted by Crippen LogP contribution is 2.48. The van der Waals surface area contributed by atoms with Gasteiger partial charge in [-0.1, -0.05) is 30.7 Å². The van der Waals surface area contributed by atoms with Crippen LogP contribution in [-0.2, 0) is 10.2 Å². The molecule has 174 valence electrons. The molecule has 1 aliphatic carbocycles. The molecule has 2 aliphatic rings. The van der Waals surface area contributed by atoms with E-state index < -0.39 is 0 Å². The second-order valence-corrected chi connectivity index (χ2v) is 8.97. The van der Waals surface area contributed by atoms with Crippen molar-refractivity contribution in [3.63, 3.8) is 0 Å². The Morgan fingerprint density at radius 1 is 1.23 bits per heavy atom. The highest BCUT2D eigenvalue weighted by Gasteiger charge is 2.44. The van der Waals surface area contributed by atoms with Crippen molar-refractivity contribution in [2.24, 2.45) is 4.99 Å². The number of carbonyl (C=O) groups excluding carboxylic acids is 1. The number of benzene rings is 1. The van der Waals surface area contributed by atoms with Gasteiger partial charge in [0.25, 0.3) is 0 Å². The summed E-state index contributed by atoms with van der Waals surface area (Å²) in [6.45, 7) is 8.91. The smallest absolute Gasteiger partial charge is 0.234 e. The van der Waals surface area contributed by atoms with Gasteiger partial charge in [0.2, 0.25) is 5.91 Å². The van der Waals surface area contributed by atoms with Gasteiger partial charge >= 0.3 is 0 Å². The third-order valence-corrected chi connectivity index (χ3v) is 6.28. The number of aliphatic imine (C=N–C) groups is 1. The Morgan fingerprint density at radius 2 is 1.97 bits per heavy atom. The number of nitrogens with one attached hydrogen (secondary N) is 3. The fourth-order valence-electron chi connectivity index (χ4n) is 4.01. The monoisotopic (exact) mass is 561 g/mol. The molecule has 8 heteroatoms. The van der Waals surface area contributed by atoms with E-state index in [9.17, 15) is 4.79 Å². The van der Waals surface area contributed by atoms with E-state index in [2.05, 4.69) is 46.8 Å². The van der Waals surface area contributed by atoms with Crippen molar-refractivity contribution in [2.75, 3.05) is 39.3 Å². The predicted octanol–water partition coefficient (Wildman–Crippen LogP) is 3.54. The molecule has 0 spiro atoms. The first kappa shape index (κ1) is 26.2. The summed E-state index contributed by atoms with van der Waals surface area (Å²) in [7, 11) is 0. The standard InChI is InChI=1S/C23H36ClN5O.HI/c1-3-12-26-21(30)16-29-13-8-20(9-14-29)28-22(25-4-2)27-17-23(10-11-23)18-6-5-7-19(24)15-18;/h5-7,15,20H,3-4,8-14,16-17H2,1-2H3,(H,26,30)(H2,25,27,28);1H. The first-order valence-corrected chi connectivity index (χ1v) is 11.7. The molecule has 1 aliphatic heterocycles. The van der Waals surface area contributed by atoms with Crippen LogP contribution in [0.3, 0.4) is 0 Å². The zero-order chi connectivity index (χ0) is 21.4. The Kier molecular flexibility index (Phi) is 10.9. The minimum atomic E-state index is 0. The summed E-state index contributed by atoms with van der Waals surface area (Å²) in [6.07, 6.45) is 5.34. The third kappa shape index (κ3) is 8.09. The van der Waals surface area contributed by atoms with Crippen LogP contribution in [0.1, 0.15) is 51.5 Å². The Hall–Kier alpha value is -1.06. The average molecular weight is 562 g/mol. The van der Waals surface area contributed by atoms with Crippen LogP contribution in [-0.4, -0.2) is 62.1 Å². The lowest BCUT2D eigenvalue weighted by Crippen LogP contribution is -2.50. The number of guanidine groups is 1. The van der Waals surface area contributed by atoms with E-state index in [0.29, 0.717) is 12.6 Å². The predicted molar refractivity (Wildman–Crippen MR) is 140 cm³/mol. The van der Waals surface area contributed by atoms with Crippen molar-refractivity contribution in [1.29, 1.82) is 0 Å². The lowest BCUT2D eigenvalue weighted by molar-refractivity contribution is -0.122. The van der Waals surface area contributed by atoms with E-state index in [1.165, 1.54) is 5.56 Å². The van der Waals surface area contributed by atoms with Crippen molar-refractivity contribution in [2.45, 2.75) is 57.4 Å². The molecular weight excluding hydrogens is 525 g/mol. The van der Waals surface area contributed by atoms with Gasteiger partial charge in [0.05, 0.1) is 13.1 Å². The van der Waals surface area contributed by atoms with Crippen molar-refractivity contribution in [1.82, 2.24) is 20.9 Å². The van der Waals surface area contributed by atoms with Crippen LogP contribution >= 0.6 is 35.6 Å². The van der Waals surface area contributed by atoms with Crippen molar-refractivity contribution >= 4 is 47.4 Å². The number of halogens is 2. The molecule has 1 saturated heterocycles. The van der Waals surface area contributed by atoms with E-state index in [1.54, 1.807) is 0 Å². The number of nitrogens with zero attached hydrogens (tertiary/aromatic N) is 2. The Labute approximate surface area is 209 Å². The second kappa shape index (κ2) is 12.8. The Bertz CT molecular complexity index is 732. The molecule has 0 unspecified atom stereocenters. The van der Waals surface area contributed by atoms with Gasteiger partial charge in [-0.15, -0.1) is 24.0 Å². The van der Waals surface area contributed by atoms with Gasteiger partial charge in [-0.3, -0.25) is 14.7 Å². The molecular formula is C23H37ClIN5O. The van der Waals surface area contributed by atoms with E-state index in [-0.39, 0.29) is 35.3 Å². The molecule has 3 N–H and O–H groups in total. The van der Waals surface area contributed by atoms with Gasteiger partial charge in [-0.05, 0) is 56.7 Å². The summed E-state index contributed by atoms with van der Waals surface area (Å²) < 4.78 is 0. The molecule has 31 heavy (non-hydrogen) atoms. The summed E-state index contributed by atoms with van der Waals surface area (Å²) >= 11 is 6.20. The fraction of sp³-hybridized carbons (Fsp3) is 0.652. The second-order valence-electron chi connectivity index (χ2n) is 8.53. The maximum absolute atomic E-state index is 11.9. The van der Waals surface area contributed by atoms with E-state index in [1.807, 2.05) is 12.1 Å². The normalized spacial score (nSPS) is 18.7. The van der Waals surface area contributed by atoms with Gasteiger partial charge in [-0.2, -0.15) is 0 Å². The molecule has 1 amide bonds. The third-order valence-electron chi connectivity index (χ3n) is 6.04. The number of carbonyl (C=O) groups is 1. The summed E-state index contributed by atoms with van der Waals surface area (Å²) in [6, 6.07) is 8.59. The maximum atomic E-state index is 11.9. The molecule has 2 fully saturated rings. The first-order valence-electron chi connectivity index (χ1n) is 11.3. The van der Waals surface area contributed by atoms with E-state index in [0.717, 1.165) is 75.8 Å². The van der Waals surface area contributed by atoms with Crippen LogP contribution in [0.5, 0.6) is 0 Å². The molecule has 1 aromatic carbocycles. The molecule has 3 rings (SSSR count). The molecule has 0 atom stereocenters. The van der Waals surface area contributed by atoms with Crippen molar-refractivity contribution < 1.29 is 4.79 Å². The summed E-state index contributed by atoms with van der Waals surface area (Å²) in [5, 5.41) is 10.8. The van der Waals surface area contributed by atoms with E-state index in [4.69, 9.17) is 16.6 Å². The summed E-state index contributed by atoms with van der Waals surface area (Å²) in [5.74, 6) is 1.03. The number of likely N-dealkylation sites (tertiary alicyclic amines) is 1. The number of piperidine rings is 1. The molecule has 6 nitrogen and oxygen atoms in total. The first-order chi connectivity index (χ1) is 14.5. The molecule has 0 bridgehead atoms.